The van der Waals surface area contributed by atoms with Crippen molar-refractivity contribution in [2.24, 2.45) is 0 Å². The van der Waals surface area contributed by atoms with Crippen molar-refractivity contribution in [2.45, 2.75) is 25.4 Å². The second kappa shape index (κ2) is 10.7. The highest BCUT2D eigenvalue weighted by molar-refractivity contribution is 7.92. The van der Waals surface area contributed by atoms with E-state index < -0.39 is 26.2 Å². The van der Waals surface area contributed by atoms with Crippen LogP contribution in [0.25, 0.3) is 0 Å². The molecular weight excluding hydrogens is 466 g/mol. The number of sulfonamides is 2. The van der Waals surface area contributed by atoms with Gasteiger partial charge in [-0.05, 0) is 62.7 Å². The molecule has 3 rings (SSSR count). The highest BCUT2D eigenvalue weighted by Crippen LogP contribution is 2.31. The van der Waals surface area contributed by atoms with Gasteiger partial charge in [0.1, 0.15) is 18.5 Å². The monoisotopic (exact) mass is 497 g/mol. The molecule has 0 bridgehead atoms. The summed E-state index contributed by atoms with van der Waals surface area (Å²) in [6, 6.07) is 12.5. The van der Waals surface area contributed by atoms with Crippen LogP contribution in [-0.2, 0) is 32.9 Å². The largest absolute Gasteiger partial charge is 0.490 e. The van der Waals surface area contributed by atoms with Gasteiger partial charge in [-0.1, -0.05) is 18.2 Å². The number of aliphatic hydroxyl groups is 1. The number of rotatable bonds is 11. The molecule has 0 spiro atoms. The number of nitrogens with one attached hydrogen (secondary N) is 2. The zero-order valence-electron chi connectivity index (χ0n) is 18.8. The van der Waals surface area contributed by atoms with Gasteiger partial charge in [-0.2, -0.15) is 0 Å². The fraction of sp³-hybridized carbons (Fsp3) is 0.455. The van der Waals surface area contributed by atoms with Crippen molar-refractivity contribution in [3.05, 3.63) is 53.6 Å². The number of ether oxygens (including phenoxy) is 1. The number of aliphatic hydroxyl groups excluding tert-OH is 1. The van der Waals surface area contributed by atoms with Gasteiger partial charge in [0, 0.05) is 17.8 Å². The molecule has 1 aliphatic heterocycles. The molecule has 11 heteroatoms. The maximum absolute atomic E-state index is 11.7. The molecule has 0 aliphatic carbocycles. The highest BCUT2D eigenvalue weighted by Gasteiger charge is 2.23. The second-order valence-electron chi connectivity index (χ2n) is 8.35. The number of benzene rings is 2. The number of likely N-dealkylation sites (N-methyl/N-ethyl adjacent to an activating group) is 1. The predicted molar refractivity (Wildman–Crippen MR) is 130 cm³/mol. The number of hydrogen-bond acceptors (Lipinski definition) is 7. The lowest BCUT2D eigenvalue weighted by Gasteiger charge is -2.23. The summed E-state index contributed by atoms with van der Waals surface area (Å²) >= 11 is 0. The molecule has 1 atom stereocenters. The van der Waals surface area contributed by atoms with Crippen LogP contribution < -0.4 is 14.2 Å². The average molecular weight is 498 g/mol. The Hall–Kier alpha value is -2.34. The number of hydrogen-bond donors (Lipinski definition) is 3. The Bertz CT molecular complexity index is 1150. The Balaban J connectivity index is 1.40. The van der Waals surface area contributed by atoms with E-state index in [1.807, 2.05) is 24.1 Å². The number of aryl methyl sites for hydroxylation is 1. The van der Waals surface area contributed by atoms with Gasteiger partial charge in [0.25, 0.3) is 0 Å². The van der Waals surface area contributed by atoms with Gasteiger partial charge in [-0.15, -0.1) is 0 Å². The number of fused-ring (bicyclic) bond motifs is 1. The summed E-state index contributed by atoms with van der Waals surface area (Å²) in [5.41, 5.74) is 2.99. The van der Waals surface area contributed by atoms with Gasteiger partial charge >= 0.3 is 0 Å². The van der Waals surface area contributed by atoms with Crippen LogP contribution in [0, 0.1) is 0 Å². The van der Waals surface area contributed by atoms with Crippen LogP contribution in [0.3, 0.4) is 0 Å². The Morgan fingerprint density at radius 3 is 2.64 bits per heavy atom. The van der Waals surface area contributed by atoms with Crippen LogP contribution in [0.15, 0.2) is 42.5 Å². The van der Waals surface area contributed by atoms with Gasteiger partial charge in [-0.25, -0.2) is 16.8 Å². The van der Waals surface area contributed by atoms with E-state index in [0.717, 1.165) is 36.8 Å². The van der Waals surface area contributed by atoms with E-state index in [4.69, 9.17) is 4.74 Å². The summed E-state index contributed by atoms with van der Waals surface area (Å²) in [6.07, 6.45) is 2.53. The molecular formula is C22H31N3O6S2. The first-order chi connectivity index (χ1) is 15.5. The normalized spacial score (nSPS) is 16.0. The molecule has 33 heavy (non-hydrogen) atoms. The molecule has 0 amide bonds. The Kier molecular flexibility index (Phi) is 8.22. The first kappa shape index (κ1) is 25.3. The van der Waals surface area contributed by atoms with Gasteiger partial charge in [0.15, 0.2) is 0 Å². The number of nitrogens with zero attached hydrogens (tertiary/aromatic N) is 1. The average Bonchev–Trinajstić information content (AvgIpc) is 2.71. The van der Waals surface area contributed by atoms with Crippen molar-refractivity contribution in [3.63, 3.8) is 0 Å². The van der Waals surface area contributed by atoms with Crippen LogP contribution in [0.4, 0.5) is 11.4 Å². The quantitative estimate of drug-likeness (QED) is 0.431. The van der Waals surface area contributed by atoms with Crippen molar-refractivity contribution >= 4 is 31.4 Å². The topological polar surface area (TPSA) is 125 Å². The smallest absolute Gasteiger partial charge is 0.233 e. The molecule has 3 N–H and O–H groups in total. The SMILES string of the molecule is CN(CCCc1ccc(NS(C)(=O)=O)cc1)CC(O)COc1cccc2c1CCS(=O)(=O)N2. The van der Waals surface area contributed by atoms with Gasteiger partial charge < -0.3 is 14.7 Å². The lowest BCUT2D eigenvalue weighted by atomic mass is 10.1. The van der Waals surface area contributed by atoms with Crippen LogP contribution >= 0.6 is 0 Å². The lowest BCUT2D eigenvalue weighted by Crippen LogP contribution is -2.34. The van der Waals surface area contributed by atoms with Crippen molar-refractivity contribution in [3.8, 4) is 5.75 Å². The zero-order chi connectivity index (χ0) is 24.1. The number of anilines is 2. The Morgan fingerprint density at radius 2 is 1.94 bits per heavy atom. The molecule has 2 aromatic carbocycles. The molecule has 2 aromatic rings. The van der Waals surface area contributed by atoms with Crippen LogP contribution in [-0.4, -0.2) is 71.7 Å². The fourth-order valence-corrected chi connectivity index (χ4v) is 5.37. The molecule has 0 radical (unpaired) electrons. The summed E-state index contributed by atoms with van der Waals surface area (Å²) in [6.45, 7) is 1.34. The molecule has 0 saturated carbocycles. The van der Waals surface area contributed by atoms with Crippen LogP contribution in [0.1, 0.15) is 17.5 Å². The molecule has 9 nitrogen and oxygen atoms in total. The van der Waals surface area contributed by atoms with Crippen molar-refractivity contribution in [1.82, 2.24) is 4.90 Å². The van der Waals surface area contributed by atoms with E-state index in [9.17, 15) is 21.9 Å². The van der Waals surface area contributed by atoms with E-state index in [0.29, 0.717) is 30.1 Å². The summed E-state index contributed by atoms with van der Waals surface area (Å²) in [5, 5.41) is 10.4. The standard InChI is InChI=1S/C22H31N3O6S2/c1-25(13-4-5-17-8-10-18(11-9-17)23-32(2,27)28)15-19(26)16-31-22-7-3-6-21-20(22)12-14-33(29,30)24-21/h3,6-11,19,23-24,26H,4-5,12-16H2,1-2H3. The molecule has 0 saturated heterocycles. The van der Waals surface area contributed by atoms with E-state index in [1.54, 1.807) is 30.3 Å². The van der Waals surface area contributed by atoms with Crippen LogP contribution in [0.5, 0.6) is 5.75 Å². The second-order valence-corrected chi connectivity index (χ2v) is 11.9. The third kappa shape index (κ3) is 8.18. The summed E-state index contributed by atoms with van der Waals surface area (Å²) in [4.78, 5) is 2.03. The van der Waals surface area contributed by atoms with Crippen molar-refractivity contribution in [2.75, 3.05) is 48.2 Å². The summed E-state index contributed by atoms with van der Waals surface area (Å²) in [7, 11) is -4.64. The maximum Gasteiger partial charge on any atom is 0.233 e. The lowest BCUT2D eigenvalue weighted by molar-refractivity contribution is 0.0757. The minimum absolute atomic E-state index is 0.0165. The first-order valence-corrected chi connectivity index (χ1v) is 14.2. The molecule has 1 unspecified atom stereocenters. The molecule has 1 aliphatic rings. The molecule has 0 aromatic heterocycles. The van der Waals surface area contributed by atoms with E-state index in [-0.39, 0.29) is 12.4 Å². The van der Waals surface area contributed by atoms with Gasteiger partial charge in [0.2, 0.25) is 20.0 Å². The Morgan fingerprint density at radius 1 is 1.21 bits per heavy atom. The van der Waals surface area contributed by atoms with Crippen molar-refractivity contribution < 1.29 is 26.7 Å². The Labute approximate surface area is 195 Å². The molecule has 0 fully saturated rings. The summed E-state index contributed by atoms with van der Waals surface area (Å²) < 4.78 is 56.8. The highest BCUT2D eigenvalue weighted by atomic mass is 32.2. The zero-order valence-corrected chi connectivity index (χ0v) is 20.5. The van der Waals surface area contributed by atoms with E-state index >= 15 is 0 Å². The minimum atomic E-state index is -3.29. The minimum Gasteiger partial charge on any atom is -0.490 e. The van der Waals surface area contributed by atoms with Gasteiger partial charge in [0.05, 0.1) is 17.7 Å². The van der Waals surface area contributed by atoms with E-state index in [1.165, 1.54) is 0 Å². The third-order valence-corrected chi connectivity index (χ3v) is 7.11. The maximum atomic E-state index is 11.7. The van der Waals surface area contributed by atoms with E-state index in [2.05, 4.69) is 9.44 Å². The summed E-state index contributed by atoms with van der Waals surface area (Å²) in [5.74, 6) is 0.605. The predicted octanol–water partition coefficient (Wildman–Crippen LogP) is 1.66. The van der Waals surface area contributed by atoms with Gasteiger partial charge in [-0.3, -0.25) is 9.44 Å². The van der Waals surface area contributed by atoms with Crippen molar-refractivity contribution in [1.29, 1.82) is 0 Å². The molecule has 182 valence electrons. The molecule has 1 heterocycles. The van der Waals surface area contributed by atoms with Crippen LogP contribution in [0.2, 0.25) is 0 Å². The third-order valence-electron chi connectivity index (χ3n) is 5.24. The fourth-order valence-electron chi connectivity index (χ4n) is 3.71. The first-order valence-electron chi connectivity index (χ1n) is 10.7.